The summed E-state index contributed by atoms with van der Waals surface area (Å²) in [5.74, 6) is 0.662. The maximum absolute atomic E-state index is 5.40. The molecule has 3 heterocycles. The van der Waals surface area contributed by atoms with Crippen molar-refractivity contribution in [1.82, 2.24) is 25.0 Å². The van der Waals surface area contributed by atoms with Crippen LogP contribution in [-0.2, 0) is 6.54 Å². The van der Waals surface area contributed by atoms with Gasteiger partial charge >= 0.3 is 0 Å². The van der Waals surface area contributed by atoms with E-state index in [1.807, 2.05) is 18.2 Å². The van der Waals surface area contributed by atoms with E-state index in [2.05, 4.69) is 45.4 Å². The van der Waals surface area contributed by atoms with Crippen molar-refractivity contribution in [2.45, 2.75) is 13.5 Å². The lowest BCUT2D eigenvalue weighted by Gasteiger charge is -2.03. The minimum Gasteiger partial charge on any atom is -0.463 e. The molecular formula is C16H13N5O. The fourth-order valence-corrected chi connectivity index (χ4v) is 2.48. The second-order valence-corrected chi connectivity index (χ2v) is 5.11. The van der Waals surface area contributed by atoms with Crippen LogP contribution in [0.4, 0.5) is 0 Å². The summed E-state index contributed by atoms with van der Waals surface area (Å²) in [7, 11) is 0. The Morgan fingerprint density at radius 2 is 2.09 bits per heavy atom. The molecule has 0 amide bonds. The quantitative estimate of drug-likeness (QED) is 0.580. The van der Waals surface area contributed by atoms with E-state index in [0.29, 0.717) is 29.2 Å². The molecule has 0 atom stereocenters. The summed E-state index contributed by atoms with van der Waals surface area (Å²) < 4.78 is 7.18. The highest BCUT2D eigenvalue weighted by molar-refractivity contribution is 5.84. The molecule has 4 rings (SSSR count). The molecule has 4 aromatic rings. The lowest BCUT2D eigenvalue weighted by molar-refractivity contribution is 0.580. The zero-order valence-electron chi connectivity index (χ0n) is 12.0. The number of aryl methyl sites for hydroxylation is 1. The summed E-state index contributed by atoms with van der Waals surface area (Å²) in [4.78, 5) is 8.58. The minimum atomic E-state index is 0.618. The van der Waals surface area contributed by atoms with E-state index in [4.69, 9.17) is 4.42 Å². The number of nitrogens with zero attached hydrogens (tertiary/aromatic N) is 5. The van der Waals surface area contributed by atoms with Crippen molar-refractivity contribution in [1.29, 1.82) is 0 Å². The topological polar surface area (TPSA) is 69.6 Å². The molecule has 0 spiro atoms. The maximum Gasteiger partial charge on any atom is 0.182 e. The van der Waals surface area contributed by atoms with Crippen molar-refractivity contribution in [3.8, 4) is 11.5 Å². The molecule has 0 fully saturated rings. The molecular weight excluding hydrogens is 278 g/mol. The van der Waals surface area contributed by atoms with Gasteiger partial charge in [-0.25, -0.2) is 14.6 Å². The molecule has 0 aliphatic rings. The predicted octanol–water partition coefficient (Wildman–Crippen LogP) is 2.84. The number of hydrogen-bond donors (Lipinski definition) is 0. The zero-order chi connectivity index (χ0) is 14.9. The first-order chi connectivity index (χ1) is 10.8. The van der Waals surface area contributed by atoms with Gasteiger partial charge in [0, 0.05) is 0 Å². The molecule has 108 valence electrons. The van der Waals surface area contributed by atoms with Gasteiger partial charge in [-0.1, -0.05) is 35.0 Å². The normalized spacial score (nSPS) is 11.1. The summed E-state index contributed by atoms with van der Waals surface area (Å²) in [6.45, 7) is 2.69. The Morgan fingerprint density at radius 1 is 1.14 bits per heavy atom. The van der Waals surface area contributed by atoms with E-state index in [1.165, 1.54) is 11.9 Å². The van der Waals surface area contributed by atoms with Crippen LogP contribution in [0, 0.1) is 6.92 Å². The number of furan rings is 1. The second-order valence-electron chi connectivity index (χ2n) is 5.11. The first-order valence-electron chi connectivity index (χ1n) is 6.95. The van der Waals surface area contributed by atoms with Gasteiger partial charge in [-0.05, 0) is 24.6 Å². The van der Waals surface area contributed by atoms with E-state index in [9.17, 15) is 0 Å². The molecule has 1 aromatic carbocycles. The number of rotatable bonds is 3. The van der Waals surface area contributed by atoms with Crippen LogP contribution in [0.25, 0.3) is 22.6 Å². The molecule has 6 nitrogen and oxygen atoms in total. The Labute approximate surface area is 126 Å². The third kappa shape index (κ3) is 2.14. The van der Waals surface area contributed by atoms with E-state index >= 15 is 0 Å². The van der Waals surface area contributed by atoms with Gasteiger partial charge in [-0.2, -0.15) is 0 Å². The Hall–Kier alpha value is -3.02. The molecule has 3 aromatic heterocycles. The lowest BCUT2D eigenvalue weighted by atomic mass is 10.1. The molecule has 0 saturated heterocycles. The highest BCUT2D eigenvalue weighted by Crippen LogP contribution is 2.23. The first kappa shape index (κ1) is 12.7. The third-order valence-electron chi connectivity index (χ3n) is 3.47. The summed E-state index contributed by atoms with van der Waals surface area (Å²) in [5.41, 5.74) is 4.37. The minimum absolute atomic E-state index is 0.618. The molecule has 0 unspecified atom stereocenters. The second kappa shape index (κ2) is 5.07. The lowest BCUT2D eigenvalue weighted by Crippen LogP contribution is -2.03. The zero-order valence-corrected chi connectivity index (χ0v) is 12.0. The van der Waals surface area contributed by atoms with Gasteiger partial charge < -0.3 is 4.42 Å². The molecule has 0 aliphatic carbocycles. The van der Waals surface area contributed by atoms with Crippen LogP contribution in [0.5, 0.6) is 0 Å². The fourth-order valence-electron chi connectivity index (χ4n) is 2.48. The van der Waals surface area contributed by atoms with Crippen molar-refractivity contribution in [3.05, 3.63) is 60.1 Å². The highest BCUT2D eigenvalue weighted by atomic mass is 16.3. The number of fused-ring (bicyclic) bond motifs is 1. The molecule has 0 N–H and O–H groups in total. The smallest absolute Gasteiger partial charge is 0.182 e. The predicted molar refractivity (Wildman–Crippen MR) is 81.1 cm³/mol. The summed E-state index contributed by atoms with van der Waals surface area (Å²) >= 11 is 0. The Balaban J connectivity index is 1.79. The van der Waals surface area contributed by atoms with E-state index in [-0.39, 0.29) is 0 Å². The van der Waals surface area contributed by atoms with Gasteiger partial charge in [0.15, 0.2) is 16.9 Å². The van der Waals surface area contributed by atoms with E-state index < -0.39 is 0 Å². The van der Waals surface area contributed by atoms with E-state index in [0.717, 1.165) is 5.56 Å². The Morgan fingerprint density at radius 3 is 2.91 bits per heavy atom. The first-order valence-corrected chi connectivity index (χ1v) is 6.95. The molecule has 0 radical (unpaired) electrons. The number of hydrogen-bond acceptors (Lipinski definition) is 5. The summed E-state index contributed by atoms with van der Waals surface area (Å²) in [6, 6.07) is 12.0. The van der Waals surface area contributed by atoms with Crippen LogP contribution in [0.3, 0.4) is 0 Å². The van der Waals surface area contributed by atoms with Gasteiger partial charge in [-0.15, -0.1) is 5.10 Å². The average Bonchev–Trinajstić information content (AvgIpc) is 3.17. The van der Waals surface area contributed by atoms with Crippen molar-refractivity contribution in [2.75, 3.05) is 0 Å². The summed E-state index contributed by atoms with van der Waals surface area (Å²) in [6.07, 6.45) is 3.12. The van der Waals surface area contributed by atoms with Crippen LogP contribution < -0.4 is 0 Å². The highest BCUT2D eigenvalue weighted by Gasteiger charge is 2.15. The van der Waals surface area contributed by atoms with Crippen molar-refractivity contribution in [2.24, 2.45) is 0 Å². The van der Waals surface area contributed by atoms with Gasteiger partial charge in [-0.3, -0.25) is 0 Å². The van der Waals surface area contributed by atoms with Crippen LogP contribution in [0.1, 0.15) is 11.1 Å². The number of aromatic nitrogens is 5. The van der Waals surface area contributed by atoms with E-state index in [1.54, 1.807) is 10.9 Å². The largest absolute Gasteiger partial charge is 0.463 e. The van der Waals surface area contributed by atoms with Gasteiger partial charge in [0.25, 0.3) is 0 Å². The molecule has 0 aliphatic heterocycles. The van der Waals surface area contributed by atoms with Crippen LogP contribution in [0.15, 0.2) is 53.4 Å². The maximum atomic E-state index is 5.40. The van der Waals surface area contributed by atoms with Gasteiger partial charge in [0.1, 0.15) is 12.0 Å². The molecule has 0 saturated carbocycles. The van der Waals surface area contributed by atoms with Crippen LogP contribution in [0.2, 0.25) is 0 Å². The molecule has 0 bridgehead atoms. The Bertz CT molecular complexity index is 927. The number of benzene rings is 1. The SMILES string of the molecule is Cc1cccc(Cn2nnc3c(-c4ccco4)ncnc32)c1. The molecule has 22 heavy (non-hydrogen) atoms. The standard InChI is InChI=1S/C16H13N5O/c1-11-4-2-5-12(8-11)9-21-16-15(19-20-21)14(17-10-18-16)13-6-3-7-22-13/h2-8,10H,9H2,1H3. The average molecular weight is 291 g/mol. The van der Waals surface area contributed by atoms with Crippen molar-refractivity contribution >= 4 is 11.2 Å². The molecule has 6 heteroatoms. The Kier molecular flexibility index (Phi) is 2.93. The van der Waals surface area contributed by atoms with Crippen LogP contribution >= 0.6 is 0 Å². The summed E-state index contributed by atoms with van der Waals surface area (Å²) in [5, 5.41) is 8.43. The van der Waals surface area contributed by atoms with Crippen LogP contribution in [-0.4, -0.2) is 25.0 Å². The third-order valence-corrected chi connectivity index (χ3v) is 3.47. The monoisotopic (exact) mass is 291 g/mol. The van der Waals surface area contributed by atoms with Gasteiger partial charge in [0.2, 0.25) is 0 Å². The van der Waals surface area contributed by atoms with Gasteiger partial charge in [0.05, 0.1) is 12.8 Å². The van der Waals surface area contributed by atoms with Crippen molar-refractivity contribution in [3.63, 3.8) is 0 Å². The van der Waals surface area contributed by atoms with Crippen molar-refractivity contribution < 1.29 is 4.42 Å². The fraction of sp³-hybridized carbons (Fsp3) is 0.125.